The van der Waals surface area contributed by atoms with Crippen LogP contribution >= 0.6 is 0 Å². The zero-order valence-electron chi connectivity index (χ0n) is 8.76. The van der Waals surface area contributed by atoms with Gasteiger partial charge in [0.05, 0.1) is 0 Å². The van der Waals surface area contributed by atoms with E-state index < -0.39 is 0 Å². The number of hydrogen-bond donors (Lipinski definition) is 1. The fourth-order valence-electron chi connectivity index (χ4n) is 2.42. The van der Waals surface area contributed by atoms with Gasteiger partial charge in [-0.05, 0) is 64.7 Å². The van der Waals surface area contributed by atoms with Gasteiger partial charge in [0.25, 0.3) is 0 Å². The molecule has 2 heterocycles. The molecule has 0 saturated carbocycles. The van der Waals surface area contributed by atoms with E-state index in [2.05, 4.69) is 17.1 Å². The average Bonchev–Trinajstić information content (AvgIpc) is 2.17. The second-order valence-electron chi connectivity index (χ2n) is 4.67. The van der Waals surface area contributed by atoms with Crippen molar-refractivity contribution in [3.63, 3.8) is 0 Å². The summed E-state index contributed by atoms with van der Waals surface area (Å²) in [5, 5.41) is 3.49. The van der Waals surface area contributed by atoms with Gasteiger partial charge in [-0.15, -0.1) is 0 Å². The normalized spacial score (nSPS) is 35.8. The Morgan fingerprint density at radius 3 is 2.85 bits per heavy atom. The Kier molecular flexibility index (Phi) is 3.23. The first-order valence-corrected chi connectivity index (χ1v) is 5.81. The highest BCUT2D eigenvalue weighted by Crippen LogP contribution is 2.20. The Hall–Kier alpha value is -0.0800. The number of piperidine rings is 1. The van der Waals surface area contributed by atoms with E-state index >= 15 is 0 Å². The molecule has 0 aromatic rings. The molecule has 0 aliphatic carbocycles. The molecule has 0 radical (unpaired) electrons. The third-order valence-corrected chi connectivity index (χ3v) is 3.68. The van der Waals surface area contributed by atoms with Crippen molar-refractivity contribution in [2.45, 2.75) is 38.6 Å². The largest absolute Gasteiger partial charge is 0.316 e. The van der Waals surface area contributed by atoms with Crippen LogP contribution in [-0.2, 0) is 0 Å². The zero-order valence-corrected chi connectivity index (χ0v) is 8.76. The summed E-state index contributed by atoms with van der Waals surface area (Å²) in [7, 11) is 0. The van der Waals surface area contributed by atoms with Crippen LogP contribution in [0.15, 0.2) is 0 Å². The summed E-state index contributed by atoms with van der Waals surface area (Å²) in [5.74, 6) is 0.960. The van der Waals surface area contributed by atoms with Gasteiger partial charge in [-0.3, -0.25) is 0 Å². The van der Waals surface area contributed by atoms with Gasteiger partial charge in [0.1, 0.15) is 0 Å². The summed E-state index contributed by atoms with van der Waals surface area (Å²) < 4.78 is 0. The molecule has 13 heavy (non-hydrogen) atoms. The van der Waals surface area contributed by atoms with Crippen molar-refractivity contribution in [3.05, 3.63) is 0 Å². The van der Waals surface area contributed by atoms with Crippen molar-refractivity contribution in [1.29, 1.82) is 0 Å². The number of nitrogens with one attached hydrogen (secondary N) is 1. The van der Waals surface area contributed by atoms with E-state index in [1.165, 1.54) is 51.9 Å². The van der Waals surface area contributed by atoms with Crippen LogP contribution in [0, 0.1) is 5.92 Å². The molecule has 2 rings (SSSR count). The predicted octanol–water partition coefficient (Wildman–Crippen LogP) is 1.47. The second kappa shape index (κ2) is 4.43. The summed E-state index contributed by atoms with van der Waals surface area (Å²) in [4.78, 5) is 2.62. The SMILES string of the molecule is CC1CCN1CCC1CCCNC1. The summed E-state index contributed by atoms with van der Waals surface area (Å²) in [6, 6.07) is 0.872. The van der Waals surface area contributed by atoms with Crippen molar-refractivity contribution in [1.82, 2.24) is 10.2 Å². The molecule has 2 aliphatic heterocycles. The van der Waals surface area contributed by atoms with E-state index in [1.54, 1.807) is 0 Å². The Morgan fingerprint density at radius 1 is 1.38 bits per heavy atom. The summed E-state index contributed by atoms with van der Waals surface area (Å²) >= 11 is 0. The zero-order chi connectivity index (χ0) is 9.10. The molecule has 2 fully saturated rings. The fourth-order valence-corrected chi connectivity index (χ4v) is 2.42. The van der Waals surface area contributed by atoms with Crippen LogP contribution in [0.4, 0.5) is 0 Å². The Balaban J connectivity index is 1.61. The van der Waals surface area contributed by atoms with E-state index in [9.17, 15) is 0 Å². The molecule has 1 N–H and O–H groups in total. The molecule has 2 nitrogen and oxygen atoms in total. The maximum atomic E-state index is 3.49. The third-order valence-electron chi connectivity index (χ3n) is 3.68. The van der Waals surface area contributed by atoms with Crippen LogP contribution in [0.2, 0.25) is 0 Å². The highest BCUT2D eigenvalue weighted by atomic mass is 15.2. The first-order valence-electron chi connectivity index (χ1n) is 5.81. The molecule has 2 heteroatoms. The van der Waals surface area contributed by atoms with E-state index in [1.807, 2.05) is 0 Å². The van der Waals surface area contributed by atoms with E-state index in [4.69, 9.17) is 0 Å². The molecular weight excluding hydrogens is 160 g/mol. The molecule has 0 amide bonds. The minimum absolute atomic E-state index is 0.872. The summed E-state index contributed by atoms with van der Waals surface area (Å²) in [5.41, 5.74) is 0. The van der Waals surface area contributed by atoms with Gasteiger partial charge in [-0.1, -0.05) is 0 Å². The molecular formula is C11H22N2. The lowest BCUT2D eigenvalue weighted by molar-refractivity contribution is 0.0943. The quantitative estimate of drug-likeness (QED) is 0.711. The van der Waals surface area contributed by atoms with Crippen LogP contribution < -0.4 is 5.32 Å². The number of hydrogen-bond acceptors (Lipinski definition) is 2. The summed E-state index contributed by atoms with van der Waals surface area (Å²) in [6.45, 7) is 7.55. The fraction of sp³-hybridized carbons (Fsp3) is 1.00. The van der Waals surface area contributed by atoms with Gasteiger partial charge in [0.15, 0.2) is 0 Å². The number of nitrogens with zero attached hydrogens (tertiary/aromatic N) is 1. The van der Waals surface area contributed by atoms with E-state index in [-0.39, 0.29) is 0 Å². The molecule has 0 bridgehead atoms. The minimum Gasteiger partial charge on any atom is -0.316 e. The monoisotopic (exact) mass is 182 g/mol. The first kappa shape index (κ1) is 9.47. The minimum atomic E-state index is 0.872. The lowest BCUT2D eigenvalue weighted by atomic mass is 9.94. The Bertz CT molecular complexity index is 152. The topological polar surface area (TPSA) is 15.3 Å². The highest BCUT2D eigenvalue weighted by molar-refractivity contribution is 4.80. The van der Waals surface area contributed by atoms with Crippen molar-refractivity contribution < 1.29 is 0 Å². The Morgan fingerprint density at radius 2 is 2.31 bits per heavy atom. The van der Waals surface area contributed by atoms with Crippen molar-refractivity contribution in [2.24, 2.45) is 5.92 Å². The van der Waals surface area contributed by atoms with Crippen LogP contribution in [-0.4, -0.2) is 37.1 Å². The number of likely N-dealkylation sites (tertiary alicyclic amines) is 1. The molecule has 76 valence electrons. The van der Waals surface area contributed by atoms with Gasteiger partial charge < -0.3 is 10.2 Å². The van der Waals surface area contributed by atoms with Crippen LogP contribution in [0.25, 0.3) is 0 Å². The third kappa shape index (κ3) is 2.44. The maximum Gasteiger partial charge on any atom is 0.00791 e. The Labute approximate surface area is 81.7 Å². The van der Waals surface area contributed by atoms with Crippen molar-refractivity contribution in [2.75, 3.05) is 26.2 Å². The average molecular weight is 182 g/mol. The van der Waals surface area contributed by atoms with Crippen molar-refractivity contribution >= 4 is 0 Å². The maximum absolute atomic E-state index is 3.49. The first-order chi connectivity index (χ1) is 6.36. The molecule has 2 unspecified atom stereocenters. The van der Waals surface area contributed by atoms with Crippen LogP contribution in [0.1, 0.15) is 32.6 Å². The van der Waals surface area contributed by atoms with Gasteiger partial charge >= 0.3 is 0 Å². The van der Waals surface area contributed by atoms with Crippen LogP contribution in [0.5, 0.6) is 0 Å². The molecule has 0 spiro atoms. The lowest BCUT2D eigenvalue weighted by Gasteiger charge is -2.39. The summed E-state index contributed by atoms with van der Waals surface area (Å²) in [6.07, 6.45) is 5.68. The van der Waals surface area contributed by atoms with E-state index in [0.29, 0.717) is 0 Å². The molecule has 2 atom stereocenters. The smallest absolute Gasteiger partial charge is 0.00791 e. The van der Waals surface area contributed by atoms with Gasteiger partial charge in [0, 0.05) is 6.04 Å². The molecule has 0 aromatic heterocycles. The van der Waals surface area contributed by atoms with Crippen LogP contribution in [0.3, 0.4) is 0 Å². The van der Waals surface area contributed by atoms with Crippen molar-refractivity contribution in [3.8, 4) is 0 Å². The second-order valence-corrected chi connectivity index (χ2v) is 4.67. The molecule has 0 aromatic carbocycles. The lowest BCUT2D eigenvalue weighted by Crippen LogP contribution is -2.46. The highest BCUT2D eigenvalue weighted by Gasteiger charge is 2.24. The molecule has 2 saturated heterocycles. The molecule has 2 aliphatic rings. The standard InChI is InChI=1S/C11H22N2/c1-10-4-7-13(10)8-5-11-3-2-6-12-9-11/h10-12H,2-9H2,1H3. The van der Waals surface area contributed by atoms with E-state index in [0.717, 1.165) is 12.0 Å². The predicted molar refractivity (Wildman–Crippen MR) is 55.9 cm³/mol. The van der Waals surface area contributed by atoms with Gasteiger partial charge in [-0.2, -0.15) is 0 Å². The van der Waals surface area contributed by atoms with Gasteiger partial charge in [-0.25, -0.2) is 0 Å². The number of rotatable bonds is 3. The van der Waals surface area contributed by atoms with Gasteiger partial charge in [0.2, 0.25) is 0 Å².